The lowest BCUT2D eigenvalue weighted by Gasteiger charge is -2.20. The molecule has 0 amide bonds. The SMILES string of the molecule is Cc1cc(NC2CCNCc3ccccc32)cnc1Cl. The molecule has 0 spiro atoms. The molecule has 3 nitrogen and oxygen atoms in total. The Balaban J connectivity index is 1.88. The molecule has 2 aromatic rings. The van der Waals surface area contributed by atoms with E-state index < -0.39 is 0 Å². The van der Waals surface area contributed by atoms with Gasteiger partial charge >= 0.3 is 0 Å². The van der Waals surface area contributed by atoms with Crippen LogP contribution in [-0.4, -0.2) is 11.5 Å². The first kappa shape index (κ1) is 13.4. The highest BCUT2D eigenvalue weighted by Gasteiger charge is 2.18. The molecule has 4 heteroatoms. The molecular formula is C16H18ClN3. The number of pyridine rings is 1. The van der Waals surface area contributed by atoms with Gasteiger partial charge in [-0.1, -0.05) is 35.9 Å². The minimum Gasteiger partial charge on any atom is -0.377 e. The molecular weight excluding hydrogens is 270 g/mol. The molecule has 0 bridgehead atoms. The Kier molecular flexibility index (Phi) is 3.90. The summed E-state index contributed by atoms with van der Waals surface area (Å²) in [6, 6.07) is 10.9. The number of hydrogen-bond donors (Lipinski definition) is 2. The first-order valence-corrected chi connectivity index (χ1v) is 7.29. The van der Waals surface area contributed by atoms with E-state index in [0.717, 1.165) is 30.8 Å². The summed E-state index contributed by atoms with van der Waals surface area (Å²) in [6.07, 6.45) is 2.86. The summed E-state index contributed by atoms with van der Waals surface area (Å²) in [5, 5.41) is 7.61. The molecule has 1 aliphatic heterocycles. The summed E-state index contributed by atoms with van der Waals surface area (Å²) < 4.78 is 0. The van der Waals surface area contributed by atoms with Crippen molar-refractivity contribution in [3.05, 3.63) is 58.4 Å². The van der Waals surface area contributed by atoms with Crippen molar-refractivity contribution < 1.29 is 0 Å². The van der Waals surface area contributed by atoms with Gasteiger partial charge in [0.1, 0.15) is 5.15 Å². The third-order valence-electron chi connectivity index (χ3n) is 3.71. The van der Waals surface area contributed by atoms with Crippen LogP contribution in [0.3, 0.4) is 0 Å². The number of fused-ring (bicyclic) bond motifs is 1. The average Bonchev–Trinajstić information content (AvgIpc) is 2.66. The normalized spacial score (nSPS) is 18.2. The summed E-state index contributed by atoms with van der Waals surface area (Å²) in [4.78, 5) is 4.21. The summed E-state index contributed by atoms with van der Waals surface area (Å²) in [7, 11) is 0. The monoisotopic (exact) mass is 287 g/mol. The van der Waals surface area contributed by atoms with Gasteiger partial charge in [0, 0.05) is 6.54 Å². The lowest BCUT2D eigenvalue weighted by Crippen LogP contribution is -2.15. The van der Waals surface area contributed by atoms with Crippen LogP contribution < -0.4 is 10.6 Å². The maximum absolute atomic E-state index is 5.98. The van der Waals surface area contributed by atoms with Crippen LogP contribution in [0.5, 0.6) is 0 Å². The number of aryl methyl sites for hydroxylation is 1. The fourth-order valence-electron chi connectivity index (χ4n) is 2.65. The molecule has 1 aromatic heterocycles. The highest BCUT2D eigenvalue weighted by Crippen LogP contribution is 2.28. The number of hydrogen-bond acceptors (Lipinski definition) is 3. The van der Waals surface area contributed by atoms with E-state index >= 15 is 0 Å². The van der Waals surface area contributed by atoms with Gasteiger partial charge in [-0.15, -0.1) is 0 Å². The molecule has 1 unspecified atom stereocenters. The van der Waals surface area contributed by atoms with Crippen molar-refractivity contribution in [1.29, 1.82) is 0 Å². The van der Waals surface area contributed by atoms with Gasteiger partial charge < -0.3 is 10.6 Å². The van der Waals surface area contributed by atoms with Crippen LogP contribution in [0.1, 0.15) is 29.2 Å². The van der Waals surface area contributed by atoms with Crippen molar-refractivity contribution in [2.75, 3.05) is 11.9 Å². The van der Waals surface area contributed by atoms with Crippen LogP contribution in [0.25, 0.3) is 0 Å². The Hall–Kier alpha value is -1.58. The van der Waals surface area contributed by atoms with Crippen LogP contribution in [0.4, 0.5) is 5.69 Å². The van der Waals surface area contributed by atoms with E-state index in [1.54, 1.807) is 6.20 Å². The fourth-order valence-corrected chi connectivity index (χ4v) is 2.75. The van der Waals surface area contributed by atoms with E-state index in [-0.39, 0.29) is 0 Å². The molecule has 0 fully saturated rings. The van der Waals surface area contributed by atoms with E-state index in [2.05, 4.69) is 45.9 Å². The predicted octanol–water partition coefficient (Wildman–Crippen LogP) is 3.69. The Labute approximate surface area is 124 Å². The molecule has 3 rings (SSSR count). The Morgan fingerprint density at radius 3 is 3.05 bits per heavy atom. The van der Waals surface area contributed by atoms with Crippen molar-refractivity contribution in [1.82, 2.24) is 10.3 Å². The third kappa shape index (κ3) is 2.79. The zero-order valence-corrected chi connectivity index (χ0v) is 12.2. The number of benzene rings is 1. The van der Waals surface area contributed by atoms with Gasteiger partial charge in [0.2, 0.25) is 0 Å². The second-order valence-corrected chi connectivity index (χ2v) is 5.55. The third-order valence-corrected chi connectivity index (χ3v) is 4.11. The summed E-state index contributed by atoms with van der Waals surface area (Å²) >= 11 is 5.98. The van der Waals surface area contributed by atoms with E-state index in [4.69, 9.17) is 11.6 Å². The highest BCUT2D eigenvalue weighted by atomic mass is 35.5. The predicted molar refractivity (Wildman–Crippen MR) is 83.1 cm³/mol. The molecule has 104 valence electrons. The van der Waals surface area contributed by atoms with Gasteiger partial charge in [0.15, 0.2) is 0 Å². The molecule has 0 saturated heterocycles. The van der Waals surface area contributed by atoms with Gasteiger partial charge in [-0.2, -0.15) is 0 Å². The van der Waals surface area contributed by atoms with Crippen molar-refractivity contribution in [2.45, 2.75) is 25.9 Å². The number of halogens is 1. The van der Waals surface area contributed by atoms with E-state index in [0.29, 0.717) is 11.2 Å². The topological polar surface area (TPSA) is 37.0 Å². The molecule has 1 aromatic carbocycles. The molecule has 20 heavy (non-hydrogen) atoms. The van der Waals surface area contributed by atoms with Gasteiger partial charge in [-0.05, 0) is 42.6 Å². The number of nitrogens with zero attached hydrogens (tertiary/aromatic N) is 1. The molecule has 0 radical (unpaired) electrons. The number of anilines is 1. The first-order valence-electron chi connectivity index (χ1n) is 6.91. The maximum Gasteiger partial charge on any atom is 0.132 e. The van der Waals surface area contributed by atoms with E-state index in [9.17, 15) is 0 Å². The van der Waals surface area contributed by atoms with Gasteiger partial charge in [0.05, 0.1) is 17.9 Å². The van der Waals surface area contributed by atoms with Crippen molar-refractivity contribution in [2.24, 2.45) is 0 Å². The Morgan fingerprint density at radius 2 is 2.20 bits per heavy atom. The average molecular weight is 288 g/mol. The molecule has 0 aliphatic carbocycles. The maximum atomic E-state index is 5.98. The smallest absolute Gasteiger partial charge is 0.132 e. The number of aromatic nitrogens is 1. The zero-order chi connectivity index (χ0) is 13.9. The minimum absolute atomic E-state index is 0.309. The first-order chi connectivity index (χ1) is 9.74. The highest BCUT2D eigenvalue weighted by molar-refractivity contribution is 6.30. The van der Waals surface area contributed by atoms with Crippen LogP contribution in [0.15, 0.2) is 36.5 Å². The molecule has 2 N–H and O–H groups in total. The van der Waals surface area contributed by atoms with Crippen molar-refractivity contribution in [3.63, 3.8) is 0 Å². The van der Waals surface area contributed by atoms with E-state index in [1.807, 2.05) is 6.92 Å². The number of nitrogens with one attached hydrogen (secondary N) is 2. The second kappa shape index (κ2) is 5.81. The van der Waals surface area contributed by atoms with Crippen LogP contribution in [-0.2, 0) is 6.54 Å². The largest absolute Gasteiger partial charge is 0.377 e. The van der Waals surface area contributed by atoms with E-state index in [1.165, 1.54) is 11.1 Å². The second-order valence-electron chi connectivity index (χ2n) is 5.19. The summed E-state index contributed by atoms with van der Waals surface area (Å²) in [5.74, 6) is 0. The van der Waals surface area contributed by atoms with Crippen LogP contribution in [0.2, 0.25) is 5.15 Å². The summed E-state index contributed by atoms with van der Waals surface area (Å²) in [6.45, 7) is 3.92. The van der Waals surface area contributed by atoms with Gasteiger partial charge in [0.25, 0.3) is 0 Å². The zero-order valence-electron chi connectivity index (χ0n) is 11.5. The van der Waals surface area contributed by atoms with Crippen LogP contribution in [0, 0.1) is 6.92 Å². The molecule has 2 heterocycles. The standard InChI is InChI=1S/C16H18ClN3/c1-11-8-13(10-19-16(11)17)20-15-6-7-18-9-12-4-2-3-5-14(12)15/h2-5,8,10,15,18,20H,6-7,9H2,1H3. The quantitative estimate of drug-likeness (QED) is 0.827. The Morgan fingerprint density at radius 1 is 1.35 bits per heavy atom. The molecule has 1 aliphatic rings. The number of rotatable bonds is 2. The lowest BCUT2D eigenvalue weighted by molar-refractivity contribution is 0.637. The van der Waals surface area contributed by atoms with Crippen molar-refractivity contribution >= 4 is 17.3 Å². The fraction of sp³-hybridized carbons (Fsp3) is 0.312. The lowest BCUT2D eigenvalue weighted by atomic mass is 9.99. The van der Waals surface area contributed by atoms with Gasteiger partial charge in [-0.3, -0.25) is 0 Å². The molecule has 0 saturated carbocycles. The Bertz CT molecular complexity index is 612. The van der Waals surface area contributed by atoms with Gasteiger partial charge in [-0.25, -0.2) is 4.98 Å². The molecule has 1 atom stereocenters. The van der Waals surface area contributed by atoms with Crippen LogP contribution >= 0.6 is 11.6 Å². The van der Waals surface area contributed by atoms with Crippen molar-refractivity contribution in [3.8, 4) is 0 Å². The minimum atomic E-state index is 0.309. The summed E-state index contributed by atoms with van der Waals surface area (Å²) in [5.41, 5.74) is 4.75.